The lowest BCUT2D eigenvalue weighted by atomic mass is 10.0. The molecule has 0 aliphatic heterocycles. The molecule has 0 fully saturated rings. The Morgan fingerprint density at radius 1 is 1.07 bits per heavy atom. The summed E-state index contributed by atoms with van der Waals surface area (Å²) in [5.41, 5.74) is 4.51. The maximum absolute atomic E-state index is 12.9. The van der Waals surface area contributed by atoms with Gasteiger partial charge in [-0.1, -0.05) is 18.2 Å². The van der Waals surface area contributed by atoms with Crippen LogP contribution < -0.4 is 10.0 Å². The highest BCUT2D eigenvalue weighted by atomic mass is 32.2. The lowest BCUT2D eigenvalue weighted by Crippen LogP contribution is -2.42. The van der Waals surface area contributed by atoms with E-state index in [0.29, 0.717) is 23.2 Å². The van der Waals surface area contributed by atoms with E-state index in [1.54, 1.807) is 38.1 Å². The summed E-state index contributed by atoms with van der Waals surface area (Å²) in [4.78, 5) is 12.7. The van der Waals surface area contributed by atoms with Crippen LogP contribution in [0.25, 0.3) is 0 Å². The maximum Gasteiger partial charge on any atom is 0.242 e. The molecule has 0 aromatic heterocycles. The third-order valence-corrected chi connectivity index (χ3v) is 6.61. The lowest BCUT2D eigenvalue weighted by molar-refractivity contribution is -0.117. The van der Waals surface area contributed by atoms with Gasteiger partial charge in [-0.3, -0.25) is 4.79 Å². The largest absolute Gasteiger partial charge is 0.325 e. The smallest absolute Gasteiger partial charge is 0.242 e. The van der Waals surface area contributed by atoms with Gasteiger partial charge in [-0.25, -0.2) is 8.42 Å². The number of carbonyl (C=O) groups is 1. The summed E-state index contributed by atoms with van der Waals surface area (Å²) < 4.78 is 28.4. The minimum Gasteiger partial charge on any atom is -0.325 e. The van der Waals surface area contributed by atoms with Crippen LogP contribution in [0.15, 0.2) is 35.2 Å². The molecular formula is C21H25N3O3S. The predicted molar refractivity (Wildman–Crippen MR) is 110 cm³/mol. The van der Waals surface area contributed by atoms with Gasteiger partial charge in [0, 0.05) is 5.69 Å². The zero-order chi connectivity index (χ0) is 21.1. The highest BCUT2D eigenvalue weighted by molar-refractivity contribution is 7.89. The first-order valence-corrected chi connectivity index (χ1v) is 10.4. The topological polar surface area (TPSA) is 99.1 Å². The molecule has 7 heteroatoms. The normalized spacial score (nSPS) is 12.3. The van der Waals surface area contributed by atoms with Crippen molar-refractivity contribution in [2.75, 3.05) is 5.32 Å². The first-order chi connectivity index (χ1) is 13.1. The highest BCUT2D eigenvalue weighted by Gasteiger charge is 2.26. The van der Waals surface area contributed by atoms with Crippen LogP contribution in [0.4, 0.5) is 5.69 Å². The van der Waals surface area contributed by atoms with E-state index in [0.717, 1.165) is 16.7 Å². The van der Waals surface area contributed by atoms with Gasteiger partial charge in [-0.2, -0.15) is 9.98 Å². The third kappa shape index (κ3) is 4.77. The van der Waals surface area contributed by atoms with Gasteiger partial charge < -0.3 is 5.32 Å². The van der Waals surface area contributed by atoms with Crippen molar-refractivity contribution in [1.82, 2.24) is 4.72 Å². The predicted octanol–water partition coefficient (Wildman–Crippen LogP) is 3.29. The summed E-state index contributed by atoms with van der Waals surface area (Å²) in [5.74, 6) is -0.462. The van der Waals surface area contributed by atoms with Crippen LogP contribution in [0.3, 0.4) is 0 Å². The molecule has 2 N–H and O–H groups in total. The van der Waals surface area contributed by atoms with E-state index in [-0.39, 0.29) is 4.90 Å². The Balaban J connectivity index is 2.18. The van der Waals surface area contributed by atoms with Gasteiger partial charge in [-0.05, 0) is 74.6 Å². The van der Waals surface area contributed by atoms with Gasteiger partial charge in [0.1, 0.15) is 0 Å². The van der Waals surface area contributed by atoms with E-state index < -0.39 is 22.0 Å². The Morgan fingerprint density at radius 2 is 1.61 bits per heavy atom. The molecule has 0 bridgehead atoms. The number of hydrogen-bond acceptors (Lipinski definition) is 4. The summed E-state index contributed by atoms with van der Waals surface area (Å²) in [6.45, 7) is 8.78. The first kappa shape index (κ1) is 21.6. The van der Waals surface area contributed by atoms with Gasteiger partial charge in [0.05, 0.1) is 23.4 Å². The Morgan fingerprint density at radius 3 is 2.11 bits per heavy atom. The zero-order valence-electron chi connectivity index (χ0n) is 16.8. The Labute approximate surface area is 166 Å². The molecule has 0 heterocycles. The molecule has 1 amide bonds. The number of sulfonamides is 1. The molecule has 0 radical (unpaired) electrons. The van der Waals surface area contributed by atoms with Crippen LogP contribution in [0.2, 0.25) is 0 Å². The minimum atomic E-state index is -3.86. The number of benzene rings is 2. The summed E-state index contributed by atoms with van der Waals surface area (Å²) in [7, 11) is -3.86. The number of nitriles is 1. The van der Waals surface area contributed by atoms with Crippen LogP contribution in [0.5, 0.6) is 0 Å². The number of nitrogens with one attached hydrogen (secondary N) is 2. The number of rotatable bonds is 6. The van der Waals surface area contributed by atoms with E-state index in [9.17, 15) is 13.2 Å². The number of carbonyl (C=O) groups excluding carboxylic acids is 1. The van der Waals surface area contributed by atoms with Crippen molar-refractivity contribution in [2.24, 2.45) is 0 Å². The summed E-state index contributed by atoms with van der Waals surface area (Å²) in [6, 6.07) is 9.92. The van der Waals surface area contributed by atoms with Crippen molar-refractivity contribution in [3.8, 4) is 6.07 Å². The molecule has 6 nitrogen and oxygen atoms in total. The average molecular weight is 400 g/mol. The molecule has 0 unspecified atom stereocenters. The summed E-state index contributed by atoms with van der Waals surface area (Å²) in [5, 5.41) is 11.4. The van der Waals surface area contributed by atoms with Gasteiger partial charge in [-0.15, -0.1) is 0 Å². The second-order valence-corrected chi connectivity index (χ2v) is 8.60. The molecule has 148 valence electrons. The van der Waals surface area contributed by atoms with Gasteiger partial charge in [0.15, 0.2) is 0 Å². The van der Waals surface area contributed by atoms with Gasteiger partial charge >= 0.3 is 0 Å². The Bertz CT molecular complexity index is 1010. The molecular weight excluding hydrogens is 374 g/mol. The number of hydrogen-bond donors (Lipinski definition) is 2. The molecule has 2 aromatic rings. The zero-order valence-corrected chi connectivity index (χ0v) is 17.6. The highest BCUT2D eigenvalue weighted by Crippen LogP contribution is 2.26. The van der Waals surface area contributed by atoms with E-state index in [2.05, 4.69) is 16.1 Å². The molecule has 2 rings (SSSR count). The SMILES string of the molecule is Cc1cc(C)c(C)c(S(=O)(=O)N[C@@H](C)C(=O)Nc2ccc(CC#N)cc2)c1C. The first-order valence-electron chi connectivity index (χ1n) is 8.93. The molecule has 2 aromatic carbocycles. The molecule has 1 atom stereocenters. The van der Waals surface area contributed by atoms with E-state index in [1.165, 1.54) is 6.92 Å². The fraction of sp³-hybridized carbons (Fsp3) is 0.333. The van der Waals surface area contributed by atoms with Crippen molar-refractivity contribution in [1.29, 1.82) is 5.26 Å². The molecule has 0 saturated heterocycles. The minimum absolute atomic E-state index is 0.227. The molecule has 28 heavy (non-hydrogen) atoms. The molecule has 0 saturated carbocycles. The number of anilines is 1. The third-order valence-electron chi connectivity index (χ3n) is 4.80. The van der Waals surface area contributed by atoms with Crippen molar-refractivity contribution >= 4 is 21.6 Å². The number of nitrogens with zero attached hydrogens (tertiary/aromatic N) is 1. The summed E-state index contributed by atoms with van der Waals surface area (Å²) in [6.07, 6.45) is 0.291. The van der Waals surface area contributed by atoms with Crippen LogP contribution in [-0.4, -0.2) is 20.4 Å². The van der Waals surface area contributed by atoms with Crippen LogP contribution in [-0.2, 0) is 21.2 Å². The van der Waals surface area contributed by atoms with Gasteiger partial charge in [0.2, 0.25) is 15.9 Å². The fourth-order valence-corrected chi connectivity index (χ4v) is 4.80. The maximum atomic E-state index is 12.9. The fourth-order valence-electron chi connectivity index (χ4n) is 2.98. The quantitative estimate of drug-likeness (QED) is 0.778. The number of amides is 1. The number of aryl methyl sites for hydroxylation is 2. The Hall–Kier alpha value is -2.69. The van der Waals surface area contributed by atoms with Gasteiger partial charge in [0.25, 0.3) is 0 Å². The van der Waals surface area contributed by atoms with E-state index in [1.807, 2.05) is 19.9 Å². The standard InChI is InChI=1S/C21H25N3O3S/c1-13-12-14(2)16(4)20(15(13)3)28(26,27)24-17(5)21(25)23-19-8-6-18(7-9-19)10-11-22/h6-9,12,17,24H,10H2,1-5H3,(H,23,25)/t17-/m0/s1. The molecule has 0 aliphatic rings. The second kappa shape index (κ2) is 8.55. The Kier molecular flexibility index (Phi) is 6.60. The van der Waals surface area contributed by atoms with E-state index in [4.69, 9.17) is 5.26 Å². The molecule has 0 aliphatic carbocycles. The van der Waals surface area contributed by atoms with Crippen molar-refractivity contribution in [3.63, 3.8) is 0 Å². The van der Waals surface area contributed by atoms with Crippen LogP contribution in [0.1, 0.15) is 34.7 Å². The van der Waals surface area contributed by atoms with Crippen molar-refractivity contribution in [3.05, 3.63) is 58.1 Å². The molecule has 0 spiro atoms. The van der Waals surface area contributed by atoms with Crippen molar-refractivity contribution < 1.29 is 13.2 Å². The van der Waals surface area contributed by atoms with Crippen molar-refractivity contribution in [2.45, 2.75) is 52.0 Å². The summed E-state index contributed by atoms with van der Waals surface area (Å²) >= 11 is 0. The second-order valence-electron chi connectivity index (χ2n) is 6.95. The van der Waals surface area contributed by atoms with Crippen LogP contribution in [0, 0.1) is 39.0 Å². The van der Waals surface area contributed by atoms with E-state index >= 15 is 0 Å². The monoisotopic (exact) mass is 399 g/mol. The van der Waals surface area contributed by atoms with Crippen LogP contribution >= 0.6 is 0 Å². The lowest BCUT2D eigenvalue weighted by Gasteiger charge is -2.19. The average Bonchev–Trinajstić information content (AvgIpc) is 2.61.